The predicted molar refractivity (Wildman–Crippen MR) is 87.1 cm³/mol. The van der Waals surface area contributed by atoms with Gasteiger partial charge in [-0.3, -0.25) is 14.3 Å². The molecule has 1 aliphatic heterocycles. The zero-order valence-electron chi connectivity index (χ0n) is 13.2. The zero-order valence-corrected chi connectivity index (χ0v) is 13.2. The SMILES string of the molecule is C#CCCCCC#Cc1cn([C@H]2C[C@@H](O)[C@@H](CO)O2)c(=O)[nH]c1=O. The maximum absolute atomic E-state index is 11.9. The van der Waals surface area contributed by atoms with Crippen molar-refractivity contribution in [1.29, 1.82) is 0 Å². The van der Waals surface area contributed by atoms with Crippen molar-refractivity contribution in [3.05, 3.63) is 32.6 Å². The molecule has 1 aromatic rings. The van der Waals surface area contributed by atoms with E-state index in [-0.39, 0.29) is 18.6 Å². The lowest BCUT2D eigenvalue weighted by molar-refractivity contribution is -0.0459. The van der Waals surface area contributed by atoms with Gasteiger partial charge in [-0.25, -0.2) is 4.79 Å². The minimum Gasteiger partial charge on any atom is -0.394 e. The highest BCUT2D eigenvalue weighted by Crippen LogP contribution is 2.27. The van der Waals surface area contributed by atoms with Crippen molar-refractivity contribution in [2.75, 3.05) is 6.61 Å². The van der Waals surface area contributed by atoms with Gasteiger partial charge in [-0.2, -0.15) is 0 Å². The monoisotopic (exact) mass is 332 g/mol. The third-order valence-electron chi connectivity index (χ3n) is 3.76. The molecule has 1 saturated heterocycles. The van der Waals surface area contributed by atoms with E-state index in [0.29, 0.717) is 12.8 Å². The van der Waals surface area contributed by atoms with E-state index in [1.54, 1.807) is 0 Å². The van der Waals surface area contributed by atoms with Crippen LogP contribution >= 0.6 is 0 Å². The van der Waals surface area contributed by atoms with Gasteiger partial charge in [-0.05, 0) is 12.8 Å². The number of aromatic amines is 1. The number of terminal acetylenes is 1. The first-order valence-corrected chi connectivity index (χ1v) is 7.79. The summed E-state index contributed by atoms with van der Waals surface area (Å²) in [6.07, 6.45) is 7.27. The van der Waals surface area contributed by atoms with E-state index in [0.717, 1.165) is 12.8 Å². The lowest BCUT2D eigenvalue weighted by Crippen LogP contribution is -2.33. The number of nitrogens with zero attached hydrogens (tertiary/aromatic N) is 1. The van der Waals surface area contributed by atoms with Gasteiger partial charge in [0.25, 0.3) is 5.56 Å². The second-order valence-electron chi connectivity index (χ2n) is 5.54. The van der Waals surface area contributed by atoms with Gasteiger partial charge in [-0.15, -0.1) is 12.3 Å². The fourth-order valence-electron chi connectivity index (χ4n) is 2.44. The van der Waals surface area contributed by atoms with Crippen LogP contribution in [0.5, 0.6) is 0 Å². The fourth-order valence-corrected chi connectivity index (χ4v) is 2.44. The number of aliphatic hydroxyl groups is 2. The average Bonchev–Trinajstić information content (AvgIpc) is 2.93. The number of unbranched alkanes of at least 4 members (excludes halogenated alkanes) is 3. The van der Waals surface area contributed by atoms with Crippen LogP contribution < -0.4 is 11.2 Å². The minimum atomic E-state index is -0.871. The van der Waals surface area contributed by atoms with Crippen LogP contribution in [0.1, 0.15) is 43.9 Å². The molecule has 7 nitrogen and oxygen atoms in total. The maximum atomic E-state index is 11.9. The molecule has 0 aromatic carbocycles. The van der Waals surface area contributed by atoms with Crippen LogP contribution in [0.2, 0.25) is 0 Å². The van der Waals surface area contributed by atoms with E-state index in [9.17, 15) is 14.7 Å². The molecule has 3 atom stereocenters. The predicted octanol–water partition coefficient (Wildman–Crippen LogP) is -0.278. The molecule has 0 unspecified atom stereocenters. The smallest absolute Gasteiger partial charge is 0.330 e. The summed E-state index contributed by atoms with van der Waals surface area (Å²) in [6, 6.07) is 0. The normalized spacial score (nSPS) is 22.6. The maximum Gasteiger partial charge on any atom is 0.330 e. The Hall–Kier alpha value is -2.32. The first-order chi connectivity index (χ1) is 11.6. The first-order valence-electron chi connectivity index (χ1n) is 7.79. The Balaban J connectivity index is 2.15. The van der Waals surface area contributed by atoms with E-state index < -0.39 is 29.7 Å². The summed E-state index contributed by atoms with van der Waals surface area (Å²) in [6.45, 7) is -0.347. The number of aliphatic hydroxyl groups excluding tert-OH is 2. The Kier molecular flexibility index (Phi) is 6.39. The lowest BCUT2D eigenvalue weighted by atomic mass is 10.2. The van der Waals surface area contributed by atoms with Crippen molar-refractivity contribution >= 4 is 0 Å². The highest BCUT2D eigenvalue weighted by atomic mass is 16.5. The quantitative estimate of drug-likeness (QED) is 0.508. The third kappa shape index (κ3) is 4.36. The highest BCUT2D eigenvalue weighted by Gasteiger charge is 2.35. The topological polar surface area (TPSA) is 105 Å². The number of H-pyrrole nitrogens is 1. The largest absolute Gasteiger partial charge is 0.394 e. The molecule has 1 aromatic heterocycles. The Morgan fingerprint density at radius 3 is 2.79 bits per heavy atom. The van der Waals surface area contributed by atoms with Crippen molar-refractivity contribution in [3.63, 3.8) is 0 Å². The minimum absolute atomic E-state index is 0.149. The Morgan fingerprint density at radius 2 is 2.12 bits per heavy atom. The number of aromatic nitrogens is 2. The summed E-state index contributed by atoms with van der Waals surface area (Å²) in [5.41, 5.74) is -1.06. The molecular formula is C17H20N2O5. The van der Waals surface area contributed by atoms with Gasteiger partial charge in [0.05, 0.1) is 12.7 Å². The summed E-state index contributed by atoms with van der Waals surface area (Å²) in [4.78, 5) is 26.0. The van der Waals surface area contributed by atoms with Crippen molar-refractivity contribution < 1.29 is 14.9 Å². The molecule has 0 spiro atoms. The van der Waals surface area contributed by atoms with Gasteiger partial charge in [0, 0.05) is 25.5 Å². The molecule has 0 radical (unpaired) electrons. The molecule has 2 rings (SSSR count). The summed E-state index contributed by atoms with van der Waals surface area (Å²) >= 11 is 0. The molecule has 2 heterocycles. The second-order valence-corrected chi connectivity index (χ2v) is 5.54. The van der Waals surface area contributed by atoms with E-state index >= 15 is 0 Å². The van der Waals surface area contributed by atoms with Crippen LogP contribution in [0.3, 0.4) is 0 Å². The number of hydrogen-bond acceptors (Lipinski definition) is 5. The summed E-state index contributed by atoms with van der Waals surface area (Å²) in [7, 11) is 0. The molecular weight excluding hydrogens is 312 g/mol. The standard InChI is InChI=1S/C17H20N2O5/c1-2-3-4-5-6-7-8-12-10-19(17(23)18-16(12)22)15-9-13(21)14(11-20)24-15/h1,10,13-15,20-21H,3-6,9,11H2,(H,18,22,23)/t13-,14-,15-/m1/s1. The van der Waals surface area contributed by atoms with Gasteiger partial charge < -0.3 is 14.9 Å². The second kappa shape index (κ2) is 8.51. The number of nitrogens with one attached hydrogen (secondary N) is 1. The molecule has 0 saturated carbocycles. The molecule has 0 aliphatic carbocycles. The number of rotatable bonds is 5. The molecule has 1 aliphatic rings. The number of ether oxygens (including phenoxy) is 1. The zero-order chi connectivity index (χ0) is 17.5. The summed E-state index contributed by atoms with van der Waals surface area (Å²) in [5.74, 6) is 8.18. The van der Waals surface area contributed by atoms with Crippen LogP contribution in [-0.4, -0.2) is 38.6 Å². The number of hydrogen-bond donors (Lipinski definition) is 3. The van der Waals surface area contributed by atoms with Crippen LogP contribution in [-0.2, 0) is 4.74 Å². The van der Waals surface area contributed by atoms with Crippen molar-refractivity contribution in [3.8, 4) is 24.2 Å². The van der Waals surface area contributed by atoms with E-state index in [1.165, 1.54) is 10.8 Å². The summed E-state index contributed by atoms with van der Waals surface area (Å²) in [5, 5.41) is 18.9. The van der Waals surface area contributed by atoms with Crippen molar-refractivity contribution in [2.45, 2.75) is 50.5 Å². The molecule has 24 heavy (non-hydrogen) atoms. The fraction of sp³-hybridized carbons (Fsp3) is 0.529. The van der Waals surface area contributed by atoms with Crippen LogP contribution in [0.15, 0.2) is 15.8 Å². The molecule has 128 valence electrons. The van der Waals surface area contributed by atoms with Gasteiger partial charge in [-0.1, -0.05) is 11.8 Å². The Morgan fingerprint density at radius 1 is 1.38 bits per heavy atom. The van der Waals surface area contributed by atoms with Gasteiger partial charge in [0.2, 0.25) is 0 Å². The van der Waals surface area contributed by atoms with Crippen LogP contribution in [0.4, 0.5) is 0 Å². The Labute approximate surface area is 139 Å². The molecule has 1 fully saturated rings. The average molecular weight is 332 g/mol. The highest BCUT2D eigenvalue weighted by molar-refractivity contribution is 5.29. The molecule has 7 heteroatoms. The molecule has 0 bridgehead atoms. The van der Waals surface area contributed by atoms with E-state index in [4.69, 9.17) is 16.3 Å². The van der Waals surface area contributed by atoms with Crippen LogP contribution in [0.25, 0.3) is 0 Å². The van der Waals surface area contributed by atoms with Crippen LogP contribution in [0, 0.1) is 24.2 Å². The van der Waals surface area contributed by atoms with Crippen molar-refractivity contribution in [2.24, 2.45) is 0 Å². The first kappa shape index (κ1) is 18.0. The summed E-state index contributed by atoms with van der Waals surface area (Å²) < 4.78 is 6.61. The third-order valence-corrected chi connectivity index (χ3v) is 3.76. The van der Waals surface area contributed by atoms with Gasteiger partial charge in [0.15, 0.2) is 0 Å². The molecule has 0 amide bonds. The van der Waals surface area contributed by atoms with Gasteiger partial charge >= 0.3 is 5.69 Å². The Bertz CT molecular complexity index is 777. The van der Waals surface area contributed by atoms with Crippen molar-refractivity contribution in [1.82, 2.24) is 9.55 Å². The molecule has 3 N–H and O–H groups in total. The van der Waals surface area contributed by atoms with E-state index in [1.807, 2.05) is 0 Å². The van der Waals surface area contributed by atoms with E-state index in [2.05, 4.69) is 22.7 Å². The lowest BCUT2D eigenvalue weighted by Gasteiger charge is -2.14. The van der Waals surface area contributed by atoms with Gasteiger partial charge in [0.1, 0.15) is 17.9 Å².